The minimum absolute atomic E-state index is 0.264. The number of nitrogens with zero attached hydrogens (tertiary/aromatic N) is 2. The number of carbonyl (C=O) groups excluding carboxylic acids is 1. The zero-order valence-electron chi connectivity index (χ0n) is 16.7. The Labute approximate surface area is 170 Å². The van der Waals surface area contributed by atoms with Crippen molar-refractivity contribution in [3.05, 3.63) is 65.5 Å². The number of rotatable bonds is 6. The summed E-state index contributed by atoms with van der Waals surface area (Å²) in [5, 5.41) is 9.76. The standard InChI is InChI=1S/C23H23N3O3/c1-4-20-19(14-24)21(22(26(20)3)23(27)28-5-2)15-9-11-17(12-10-15)29-18-8-6-7-16(25)13-18/h6-13H,4-5,25H2,1-3H3. The molecular weight excluding hydrogens is 366 g/mol. The van der Waals surface area contributed by atoms with E-state index in [1.165, 1.54) is 0 Å². The van der Waals surface area contributed by atoms with Crippen molar-refractivity contribution in [3.8, 4) is 28.7 Å². The third kappa shape index (κ3) is 3.94. The quantitative estimate of drug-likeness (QED) is 0.488. The predicted molar refractivity (Wildman–Crippen MR) is 112 cm³/mol. The third-order valence-corrected chi connectivity index (χ3v) is 4.67. The number of carbonyl (C=O) groups is 1. The summed E-state index contributed by atoms with van der Waals surface area (Å²) in [6, 6.07) is 16.7. The molecule has 0 fully saturated rings. The van der Waals surface area contributed by atoms with Crippen molar-refractivity contribution in [1.82, 2.24) is 4.57 Å². The van der Waals surface area contributed by atoms with Gasteiger partial charge in [0.15, 0.2) is 0 Å². The van der Waals surface area contributed by atoms with E-state index in [-0.39, 0.29) is 6.61 Å². The van der Waals surface area contributed by atoms with Crippen molar-refractivity contribution >= 4 is 11.7 Å². The number of nitrogens with two attached hydrogens (primary N) is 1. The minimum atomic E-state index is -0.443. The average Bonchev–Trinajstić information content (AvgIpc) is 3.00. The SMILES string of the molecule is CCOC(=O)c1c(-c2ccc(Oc3cccc(N)c3)cc2)c(C#N)c(CC)n1C. The number of benzene rings is 2. The molecule has 0 saturated carbocycles. The van der Waals surface area contributed by atoms with Crippen LogP contribution in [0.2, 0.25) is 0 Å². The van der Waals surface area contributed by atoms with E-state index >= 15 is 0 Å². The second kappa shape index (κ2) is 8.53. The molecule has 148 valence electrons. The predicted octanol–water partition coefficient (Wildman–Crippen LogP) is 4.68. The summed E-state index contributed by atoms with van der Waals surface area (Å²) in [4.78, 5) is 12.6. The van der Waals surface area contributed by atoms with Crippen LogP contribution in [0, 0.1) is 11.3 Å². The molecule has 6 heteroatoms. The maximum absolute atomic E-state index is 12.6. The Bertz CT molecular complexity index is 1080. The van der Waals surface area contributed by atoms with Gasteiger partial charge in [-0.05, 0) is 43.2 Å². The van der Waals surface area contributed by atoms with Gasteiger partial charge >= 0.3 is 5.97 Å². The van der Waals surface area contributed by atoms with Gasteiger partial charge in [0.2, 0.25) is 0 Å². The lowest BCUT2D eigenvalue weighted by molar-refractivity contribution is 0.0516. The molecule has 0 atom stereocenters. The maximum atomic E-state index is 12.6. The fraction of sp³-hybridized carbons (Fsp3) is 0.217. The van der Waals surface area contributed by atoms with Crippen LogP contribution in [0.4, 0.5) is 5.69 Å². The van der Waals surface area contributed by atoms with E-state index < -0.39 is 5.97 Å². The third-order valence-electron chi connectivity index (χ3n) is 4.67. The minimum Gasteiger partial charge on any atom is -0.461 e. The van der Waals surface area contributed by atoms with Crippen LogP contribution in [-0.4, -0.2) is 17.1 Å². The topological polar surface area (TPSA) is 90.3 Å². The Morgan fingerprint density at radius 3 is 2.45 bits per heavy atom. The first kappa shape index (κ1) is 20.0. The number of hydrogen-bond acceptors (Lipinski definition) is 5. The summed E-state index contributed by atoms with van der Waals surface area (Å²) in [6.45, 7) is 3.98. The summed E-state index contributed by atoms with van der Waals surface area (Å²) < 4.78 is 12.8. The number of anilines is 1. The van der Waals surface area contributed by atoms with Crippen LogP contribution in [0.25, 0.3) is 11.1 Å². The smallest absolute Gasteiger partial charge is 0.355 e. The Hall–Kier alpha value is -3.72. The number of nitriles is 1. The number of aromatic nitrogens is 1. The van der Waals surface area contributed by atoms with E-state index in [1.807, 2.05) is 31.2 Å². The molecule has 0 bridgehead atoms. The van der Waals surface area contributed by atoms with Gasteiger partial charge in [0, 0.05) is 30.1 Å². The Kier molecular flexibility index (Phi) is 5.89. The number of ether oxygens (including phenoxy) is 2. The van der Waals surface area contributed by atoms with Gasteiger partial charge < -0.3 is 19.8 Å². The van der Waals surface area contributed by atoms with Gasteiger partial charge in [0.1, 0.15) is 23.3 Å². The van der Waals surface area contributed by atoms with Gasteiger partial charge in [-0.1, -0.05) is 25.1 Å². The molecule has 0 amide bonds. The van der Waals surface area contributed by atoms with E-state index in [1.54, 1.807) is 42.8 Å². The Morgan fingerprint density at radius 1 is 1.14 bits per heavy atom. The summed E-state index contributed by atoms with van der Waals surface area (Å²) >= 11 is 0. The molecular formula is C23H23N3O3. The van der Waals surface area contributed by atoms with Gasteiger partial charge in [-0.3, -0.25) is 0 Å². The van der Waals surface area contributed by atoms with Crippen molar-refractivity contribution < 1.29 is 14.3 Å². The van der Waals surface area contributed by atoms with E-state index in [2.05, 4.69) is 6.07 Å². The molecule has 3 rings (SSSR count). The molecule has 2 aromatic carbocycles. The summed E-state index contributed by atoms with van der Waals surface area (Å²) in [5.41, 5.74) is 9.40. The van der Waals surface area contributed by atoms with E-state index in [9.17, 15) is 10.1 Å². The monoisotopic (exact) mass is 389 g/mol. The lowest BCUT2D eigenvalue weighted by Gasteiger charge is -2.09. The van der Waals surface area contributed by atoms with Gasteiger partial charge in [0.25, 0.3) is 0 Å². The van der Waals surface area contributed by atoms with E-state index in [0.29, 0.717) is 40.4 Å². The van der Waals surface area contributed by atoms with Crippen LogP contribution in [0.15, 0.2) is 48.5 Å². The molecule has 3 aromatic rings. The van der Waals surface area contributed by atoms with Crippen molar-refractivity contribution in [2.45, 2.75) is 20.3 Å². The second-order valence-corrected chi connectivity index (χ2v) is 6.49. The molecule has 29 heavy (non-hydrogen) atoms. The fourth-order valence-electron chi connectivity index (χ4n) is 3.39. The van der Waals surface area contributed by atoms with E-state index in [0.717, 1.165) is 11.3 Å². The normalized spacial score (nSPS) is 10.4. The lowest BCUT2D eigenvalue weighted by Crippen LogP contribution is -2.12. The second-order valence-electron chi connectivity index (χ2n) is 6.49. The lowest BCUT2D eigenvalue weighted by atomic mass is 10.00. The number of esters is 1. The molecule has 0 saturated heterocycles. The first-order valence-electron chi connectivity index (χ1n) is 9.42. The van der Waals surface area contributed by atoms with Gasteiger partial charge in [-0.15, -0.1) is 0 Å². The van der Waals surface area contributed by atoms with Crippen LogP contribution < -0.4 is 10.5 Å². The highest BCUT2D eigenvalue weighted by Crippen LogP contribution is 2.34. The molecule has 0 aliphatic carbocycles. The first-order chi connectivity index (χ1) is 14.0. The molecule has 1 aromatic heterocycles. The largest absolute Gasteiger partial charge is 0.461 e. The van der Waals surface area contributed by atoms with Gasteiger partial charge in [-0.2, -0.15) is 5.26 Å². The van der Waals surface area contributed by atoms with Crippen molar-refractivity contribution in [1.29, 1.82) is 5.26 Å². The zero-order valence-corrected chi connectivity index (χ0v) is 16.7. The summed E-state index contributed by atoms with van der Waals surface area (Å²) in [6.07, 6.45) is 0.627. The fourth-order valence-corrected chi connectivity index (χ4v) is 3.39. The Balaban J connectivity index is 2.03. The van der Waals surface area contributed by atoms with E-state index in [4.69, 9.17) is 15.2 Å². The van der Waals surface area contributed by atoms with Crippen molar-refractivity contribution in [2.75, 3.05) is 12.3 Å². The molecule has 0 radical (unpaired) electrons. The van der Waals surface area contributed by atoms with Crippen LogP contribution in [-0.2, 0) is 18.2 Å². The molecule has 2 N–H and O–H groups in total. The molecule has 0 spiro atoms. The van der Waals surface area contributed by atoms with Gasteiger partial charge in [0.05, 0.1) is 12.2 Å². The highest BCUT2D eigenvalue weighted by Gasteiger charge is 2.26. The molecule has 0 unspecified atom stereocenters. The van der Waals surface area contributed by atoms with Crippen molar-refractivity contribution in [3.63, 3.8) is 0 Å². The van der Waals surface area contributed by atoms with Crippen LogP contribution in [0.5, 0.6) is 11.5 Å². The first-order valence-corrected chi connectivity index (χ1v) is 9.42. The summed E-state index contributed by atoms with van der Waals surface area (Å²) in [7, 11) is 1.78. The number of nitrogen functional groups attached to an aromatic ring is 1. The molecule has 0 aliphatic heterocycles. The maximum Gasteiger partial charge on any atom is 0.355 e. The zero-order chi connectivity index (χ0) is 21.0. The van der Waals surface area contributed by atoms with Crippen LogP contribution >= 0.6 is 0 Å². The van der Waals surface area contributed by atoms with Crippen LogP contribution in [0.3, 0.4) is 0 Å². The number of hydrogen-bond donors (Lipinski definition) is 1. The summed E-state index contributed by atoms with van der Waals surface area (Å²) in [5.74, 6) is 0.819. The average molecular weight is 389 g/mol. The Morgan fingerprint density at radius 2 is 1.86 bits per heavy atom. The highest BCUT2D eigenvalue weighted by atomic mass is 16.5. The molecule has 6 nitrogen and oxygen atoms in total. The van der Waals surface area contributed by atoms with Gasteiger partial charge in [-0.25, -0.2) is 4.79 Å². The van der Waals surface area contributed by atoms with Crippen molar-refractivity contribution in [2.24, 2.45) is 7.05 Å². The molecule has 0 aliphatic rings. The van der Waals surface area contributed by atoms with Crippen LogP contribution in [0.1, 0.15) is 35.6 Å². The molecule has 1 heterocycles. The highest BCUT2D eigenvalue weighted by molar-refractivity contribution is 5.98.